The van der Waals surface area contributed by atoms with Gasteiger partial charge in [-0.3, -0.25) is 4.79 Å². The van der Waals surface area contributed by atoms with Crippen molar-refractivity contribution < 1.29 is 17.9 Å². The third kappa shape index (κ3) is 4.37. The summed E-state index contributed by atoms with van der Waals surface area (Å²) in [6.45, 7) is 7.05. The summed E-state index contributed by atoms with van der Waals surface area (Å²) in [6, 6.07) is 5.19. The number of halogens is 1. The topological polar surface area (TPSA) is 79.0 Å². The Kier molecular flexibility index (Phi) is 7.04. The summed E-state index contributed by atoms with van der Waals surface area (Å²) in [5, 5.41) is 3.14. The molecular weight excluding hydrogens is 378 g/mol. The molecule has 0 bridgehead atoms. The minimum Gasteiger partial charge on any atom is -0.366 e. The van der Waals surface area contributed by atoms with Crippen LogP contribution in [0.4, 0.5) is 0 Å². The lowest BCUT2D eigenvalue weighted by Gasteiger charge is -2.36. The molecular formula is C17H26ClN3O4S. The molecule has 1 aromatic rings. The Morgan fingerprint density at radius 1 is 1.15 bits per heavy atom. The fraction of sp³-hybridized carbons (Fsp3) is 0.588. The number of nitrogens with one attached hydrogen (secondary N) is 1. The number of ether oxygens (including phenoxy) is 1. The monoisotopic (exact) mass is 403 g/mol. The summed E-state index contributed by atoms with van der Waals surface area (Å²) in [5.41, 5.74) is 2.02. The van der Waals surface area contributed by atoms with Gasteiger partial charge in [0.15, 0.2) is 0 Å². The van der Waals surface area contributed by atoms with Crippen LogP contribution in [-0.2, 0) is 19.6 Å². The Morgan fingerprint density at radius 3 is 2.42 bits per heavy atom. The highest BCUT2D eigenvalue weighted by atomic mass is 35.5. The average Bonchev–Trinajstić information content (AvgIpc) is 2.64. The fourth-order valence-corrected chi connectivity index (χ4v) is 4.61. The third-order valence-corrected chi connectivity index (χ3v) is 6.76. The minimum absolute atomic E-state index is 0. The van der Waals surface area contributed by atoms with E-state index in [9.17, 15) is 13.2 Å². The number of sulfonamides is 1. The molecule has 9 heteroatoms. The third-order valence-electron chi connectivity index (χ3n) is 4.87. The minimum atomic E-state index is -3.52. The second kappa shape index (κ2) is 8.67. The molecule has 1 aromatic carbocycles. The van der Waals surface area contributed by atoms with Gasteiger partial charge in [-0.1, -0.05) is 6.07 Å². The standard InChI is InChI=1S/C17H25N3O4S.ClH/c1-13-3-4-15(11-14(13)2)25(22,23)20-8-6-19(7-9-20)17(21)16-12-18-5-10-24-16;/h3-4,11,16,18H,5-10,12H2,1-2H3;1H. The van der Waals surface area contributed by atoms with Crippen molar-refractivity contribution in [1.29, 1.82) is 0 Å². The van der Waals surface area contributed by atoms with E-state index in [1.165, 1.54) is 4.31 Å². The van der Waals surface area contributed by atoms with Gasteiger partial charge in [-0.05, 0) is 37.1 Å². The second-order valence-corrected chi connectivity index (χ2v) is 8.48. The van der Waals surface area contributed by atoms with Crippen molar-refractivity contribution >= 4 is 28.3 Å². The molecule has 0 saturated carbocycles. The van der Waals surface area contributed by atoms with Crippen LogP contribution < -0.4 is 5.32 Å². The van der Waals surface area contributed by atoms with Crippen LogP contribution in [0.5, 0.6) is 0 Å². The van der Waals surface area contributed by atoms with Gasteiger partial charge in [0, 0.05) is 39.3 Å². The molecule has 0 radical (unpaired) electrons. The van der Waals surface area contributed by atoms with E-state index < -0.39 is 16.1 Å². The first-order valence-corrected chi connectivity index (χ1v) is 10.0. The number of carbonyl (C=O) groups excluding carboxylic acids is 1. The van der Waals surface area contributed by atoms with Crippen LogP contribution in [0, 0.1) is 13.8 Å². The summed E-state index contributed by atoms with van der Waals surface area (Å²) < 4.78 is 32.6. The van der Waals surface area contributed by atoms with Crippen LogP contribution in [-0.4, -0.2) is 75.5 Å². The SMILES string of the molecule is Cc1ccc(S(=O)(=O)N2CCN(C(=O)C3CNCCO3)CC2)cc1C.Cl. The summed E-state index contributed by atoms with van der Waals surface area (Å²) >= 11 is 0. The van der Waals surface area contributed by atoms with Gasteiger partial charge < -0.3 is 15.0 Å². The molecule has 2 fully saturated rings. The zero-order chi connectivity index (χ0) is 18.0. The summed E-state index contributed by atoms with van der Waals surface area (Å²) in [5.74, 6) is -0.0598. The number of hydrogen-bond acceptors (Lipinski definition) is 5. The molecule has 3 rings (SSSR count). The van der Waals surface area contributed by atoms with Gasteiger partial charge in [-0.15, -0.1) is 12.4 Å². The zero-order valence-electron chi connectivity index (χ0n) is 15.1. The van der Waals surface area contributed by atoms with Crippen molar-refractivity contribution in [2.45, 2.75) is 24.8 Å². The van der Waals surface area contributed by atoms with E-state index >= 15 is 0 Å². The highest BCUT2D eigenvalue weighted by Crippen LogP contribution is 2.20. The smallest absolute Gasteiger partial charge is 0.253 e. The van der Waals surface area contributed by atoms with E-state index in [1.807, 2.05) is 19.9 Å². The molecule has 26 heavy (non-hydrogen) atoms. The molecule has 0 aliphatic carbocycles. The average molecular weight is 404 g/mol. The number of morpholine rings is 1. The predicted molar refractivity (Wildman–Crippen MR) is 101 cm³/mol. The van der Waals surface area contributed by atoms with E-state index in [2.05, 4.69) is 5.32 Å². The molecule has 1 atom stereocenters. The highest BCUT2D eigenvalue weighted by molar-refractivity contribution is 7.89. The highest BCUT2D eigenvalue weighted by Gasteiger charge is 2.33. The maximum atomic E-state index is 12.8. The van der Waals surface area contributed by atoms with Gasteiger partial charge in [0.1, 0.15) is 6.10 Å². The Bertz CT molecular complexity index is 742. The van der Waals surface area contributed by atoms with Crippen molar-refractivity contribution in [2.75, 3.05) is 45.9 Å². The van der Waals surface area contributed by atoms with Gasteiger partial charge >= 0.3 is 0 Å². The number of nitrogens with zero attached hydrogens (tertiary/aromatic N) is 2. The van der Waals surface area contributed by atoms with Crippen molar-refractivity contribution in [3.63, 3.8) is 0 Å². The van der Waals surface area contributed by atoms with Gasteiger partial charge in [0.2, 0.25) is 10.0 Å². The lowest BCUT2D eigenvalue weighted by Crippen LogP contribution is -2.55. The quantitative estimate of drug-likeness (QED) is 0.797. The molecule has 2 saturated heterocycles. The lowest BCUT2D eigenvalue weighted by molar-refractivity contribution is -0.146. The number of piperazine rings is 1. The van der Waals surface area contributed by atoms with Gasteiger partial charge in [-0.2, -0.15) is 4.31 Å². The maximum Gasteiger partial charge on any atom is 0.253 e. The number of benzene rings is 1. The van der Waals surface area contributed by atoms with Gasteiger partial charge in [0.05, 0.1) is 11.5 Å². The Morgan fingerprint density at radius 2 is 1.85 bits per heavy atom. The van der Waals surface area contributed by atoms with E-state index in [1.54, 1.807) is 17.0 Å². The normalized spacial score (nSPS) is 21.9. The molecule has 1 N–H and O–H groups in total. The molecule has 146 valence electrons. The molecule has 2 aliphatic heterocycles. The van der Waals surface area contributed by atoms with Crippen molar-refractivity contribution in [3.8, 4) is 0 Å². The molecule has 0 aromatic heterocycles. The lowest BCUT2D eigenvalue weighted by atomic mass is 10.1. The van der Waals surface area contributed by atoms with Crippen molar-refractivity contribution in [1.82, 2.24) is 14.5 Å². The molecule has 1 unspecified atom stereocenters. The Labute approximate surface area is 161 Å². The fourth-order valence-electron chi connectivity index (χ4n) is 3.10. The van der Waals surface area contributed by atoms with E-state index in [0.29, 0.717) is 44.2 Å². The number of rotatable bonds is 3. The zero-order valence-corrected chi connectivity index (χ0v) is 16.7. The summed E-state index contributed by atoms with van der Waals surface area (Å²) in [4.78, 5) is 14.5. The van der Waals surface area contributed by atoms with Gasteiger partial charge in [-0.25, -0.2) is 8.42 Å². The van der Waals surface area contributed by atoms with Crippen LogP contribution in [0.3, 0.4) is 0 Å². The summed E-state index contributed by atoms with van der Waals surface area (Å²) in [7, 11) is -3.52. The number of carbonyl (C=O) groups is 1. The molecule has 0 spiro atoms. The van der Waals surface area contributed by atoms with Crippen LogP contribution in [0.25, 0.3) is 0 Å². The number of aryl methyl sites for hydroxylation is 2. The molecule has 2 heterocycles. The summed E-state index contributed by atoms with van der Waals surface area (Å²) in [6.07, 6.45) is -0.461. The Hall–Kier alpha value is -1.19. The van der Waals surface area contributed by atoms with Crippen molar-refractivity contribution in [3.05, 3.63) is 29.3 Å². The largest absolute Gasteiger partial charge is 0.366 e. The number of amides is 1. The van der Waals surface area contributed by atoms with Gasteiger partial charge in [0.25, 0.3) is 5.91 Å². The first-order chi connectivity index (χ1) is 11.9. The second-order valence-electron chi connectivity index (χ2n) is 6.54. The van der Waals surface area contributed by atoms with E-state index in [0.717, 1.165) is 17.7 Å². The number of hydrogen-bond donors (Lipinski definition) is 1. The van der Waals surface area contributed by atoms with Crippen LogP contribution in [0.2, 0.25) is 0 Å². The predicted octanol–water partition coefficient (Wildman–Crippen LogP) is 0.547. The maximum absolute atomic E-state index is 12.8. The van der Waals surface area contributed by atoms with Crippen molar-refractivity contribution in [2.24, 2.45) is 0 Å². The van der Waals surface area contributed by atoms with E-state index in [4.69, 9.17) is 4.74 Å². The first kappa shape index (κ1) is 21.1. The Balaban J connectivity index is 0.00000243. The van der Waals surface area contributed by atoms with Crippen LogP contribution >= 0.6 is 12.4 Å². The molecule has 1 amide bonds. The molecule has 7 nitrogen and oxygen atoms in total. The first-order valence-electron chi connectivity index (χ1n) is 8.58. The van der Waals surface area contributed by atoms with Crippen LogP contribution in [0.1, 0.15) is 11.1 Å². The van der Waals surface area contributed by atoms with E-state index in [-0.39, 0.29) is 18.3 Å². The molecule has 2 aliphatic rings. The van der Waals surface area contributed by atoms with Crippen LogP contribution in [0.15, 0.2) is 23.1 Å².